The minimum Gasteiger partial charge on any atom is -1.00 e. The van der Waals surface area contributed by atoms with E-state index in [9.17, 15) is 9.90 Å². The summed E-state index contributed by atoms with van der Waals surface area (Å²) in [6.45, 7) is 15.3. The first-order valence-electron chi connectivity index (χ1n) is 14.2. The largest absolute Gasteiger partial charge is 1.00 e. The summed E-state index contributed by atoms with van der Waals surface area (Å²) >= 11 is 0. The van der Waals surface area contributed by atoms with Crippen LogP contribution in [-0.4, -0.2) is 34.5 Å². The standard InChI is InChI=1S/C36H38N2O2.HI/c1-7-37-30-15-11-9-13-28(30)35(3,4)32(37)23-21-26(25-17-19-27(20-18-25)34(39)40)22-24-33-36(5,6)29-14-10-12-16-31(29)38(33)8-2;/h9-24H,7-8H2,1-6H3;1H. The number of nitrogens with zero attached hydrogens (tertiary/aromatic N) is 2. The molecule has 0 aromatic heterocycles. The third-order valence-electron chi connectivity index (χ3n) is 8.54. The third kappa shape index (κ3) is 5.32. The van der Waals surface area contributed by atoms with E-state index < -0.39 is 5.97 Å². The van der Waals surface area contributed by atoms with Crippen molar-refractivity contribution in [3.05, 3.63) is 125 Å². The number of benzene rings is 3. The highest BCUT2D eigenvalue weighted by Crippen LogP contribution is 2.47. The van der Waals surface area contributed by atoms with Crippen molar-refractivity contribution >= 4 is 28.6 Å². The molecule has 5 rings (SSSR count). The predicted molar refractivity (Wildman–Crippen MR) is 166 cm³/mol. The van der Waals surface area contributed by atoms with Crippen LogP contribution in [0.1, 0.15) is 68.6 Å². The molecule has 0 saturated heterocycles. The second kappa shape index (κ2) is 11.8. The van der Waals surface area contributed by atoms with Gasteiger partial charge in [0, 0.05) is 41.1 Å². The number of allylic oxidation sites excluding steroid dienone is 6. The number of carbonyl (C=O) groups is 1. The molecule has 0 aliphatic carbocycles. The second-order valence-electron chi connectivity index (χ2n) is 11.5. The SMILES string of the molecule is CCN1/C(=C/C=C(/C=C/C2=[N+](CC)c3ccccc3C2(C)C)c2ccc(C(=O)O)cc2)C(C)(C)c2ccccc21.[I-]. The number of aromatic carboxylic acids is 1. The van der Waals surface area contributed by atoms with E-state index >= 15 is 0 Å². The molecule has 0 radical (unpaired) electrons. The fourth-order valence-electron chi connectivity index (χ4n) is 6.35. The van der Waals surface area contributed by atoms with Crippen LogP contribution < -0.4 is 28.9 Å². The first-order chi connectivity index (χ1) is 19.1. The van der Waals surface area contributed by atoms with Gasteiger partial charge in [-0.15, -0.1) is 0 Å². The number of hydrogen-bond acceptors (Lipinski definition) is 2. The van der Waals surface area contributed by atoms with Crippen LogP contribution in [0, 0.1) is 0 Å². The molecule has 3 aromatic rings. The van der Waals surface area contributed by atoms with Crippen molar-refractivity contribution in [1.82, 2.24) is 0 Å². The van der Waals surface area contributed by atoms with Gasteiger partial charge in [0.15, 0.2) is 5.71 Å². The molecule has 4 nitrogen and oxygen atoms in total. The lowest BCUT2D eigenvalue weighted by Gasteiger charge is -2.26. The first-order valence-corrected chi connectivity index (χ1v) is 14.2. The van der Waals surface area contributed by atoms with Gasteiger partial charge in [-0.05, 0) is 74.7 Å². The topological polar surface area (TPSA) is 43.5 Å². The Morgan fingerprint density at radius 3 is 2.10 bits per heavy atom. The number of halogens is 1. The van der Waals surface area contributed by atoms with E-state index in [0.29, 0.717) is 0 Å². The van der Waals surface area contributed by atoms with Crippen molar-refractivity contribution in [3.8, 4) is 0 Å². The van der Waals surface area contributed by atoms with Gasteiger partial charge < -0.3 is 34.0 Å². The molecule has 41 heavy (non-hydrogen) atoms. The van der Waals surface area contributed by atoms with Crippen molar-refractivity contribution in [1.29, 1.82) is 0 Å². The van der Waals surface area contributed by atoms with E-state index in [2.05, 4.69) is 124 Å². The van der Waals surface area contributed by atoms with Crippen LogP contribution in [0.4, 0.5) is 11.4 Å². The molecular weight excluding hydrogens is 619 g/mol. The number of rotatable bonds is 7. The van der Waals surface area contributed by atoms with E-state index in [1.807, 2.05) is 12.1 Å². The zero-order chi connectivity index (χ0) is 28.7. The summed E-state index contributed by atoms with van der Waals surface area (Å²) < 4.78 is 2.39. The highest BCUT2D eigenvalue weighted by atomic mass is 127. The Morgan fingerprint density at radius 2 is 1.46 bits per heavy atom. The Morgan fingerprint density at radius 1 is 0.854 bits per heavy atom. The number of para-hydroxylation sites is 2. The van der Waals surface area contributed by atoms with E-state index in [0.717, 1.165) is 24.2 Å². The number of anilines is 1. The molecule has 0 fully saturated rings. The maximum atomic E-state index is 11.5. The fraction of sp³-hybridized carbons (Fsp3) is 0.278. The number of carboxylic acids is 1. The molecule has 0 amide bonds. The van der Waals surface area contributed by atoms with Crippen LogP contribution in [0.25, 0.3) is 5.57 Å². The smallest absolute Gasteiger partial charge is 0.335 e. The number of carboxylic acid groups (broad SMARTS) is 1. The molecule has 0 saturated carbocycles. The summed E-state index contributed by atoms with van der Waals surface area (Å²) in [6, 6.07) is 24.5. The fourth-order valence-corrected chi connectivity index (χ4v) is 6.35. The third-order valence-corrected chi connectivity index (χ3v) is 8.54. The number of fused-ring (bicyclic) bond motifs is 2. The summed E-state index contributed by atoms with van der Waals surface area (Å²) in [6.07, 6.45) is 8.85. The molecular formula is C36H39IN2O2. The van der Waals surface area contributed by atoms with Gasteiger partial charge >= 0.3 is 5.97 Å². The molecule has 0 spiro atoms. The van der Waals surface area contributed by atoms with Crippen molar-refractivity contribution < 1.29 is 38.5 Å². The van der Waals surface area contributed by atoms with Gasteiger partial charge in [-0.25, -0.2) is 4.79 Å². The van der Waals surface area contributed by atoms with E-state index in [1.54, 1.807) is 12.1 Å². The molecule has 3 aromatic carbocycles. The molecule has 2 aliphatic heterocycles. The maximum Gasteiger partial charge on any atom is 0.335 e. The Bertz CT molecular complexity index is 1590. The number of likely N-dealkylation sites (N-methyl/N-ethyl adjacent to an activating group) is 1. The minimum atomic E-state index is -0.918. The van der Waals surface area contributed by atoms with Crippen molar-refractivity contribution in [2.24, 2.45) is 0 Å². The lowest BCUT2D eigenvalue weighted by atomic mass is 9.81. The summed E-state index contributed by atoms with van der Waals surface area (Å²) in [5.41, 5.74) is 9.72. The summed E-state index contributed by atoms with van der Waals surface area (Å²) in [4.78, 5) is 13.9. The van der Waals surface area contributed by atoms with Crippen LogP contribution in [-0.2, 0) is 10.8 Å². The summed E-state index contributed by atoms with van der Waals surface area (Å²) in [7, 11) is 0. The van der Waals surface area contributed by atoms with Crippen LogP contribution in [0.3, 0.4) is 0 Å². The molecule has 0 atom stereocenters. The molecule has 2 heterocycles. The molecule has 5 heteroatoms. The molecule has 212 valence electrons. The van der Waals surface area contributed by atoms with Gasteiger partial charge in [-0.1, -0.05) is 68.5 Å². The highest BCUT2D eigenvalue weighted by molar-refractivity contribution is 6.04. The van der Waals surface area contributed by atoms with Crippen LogP contribution in [0.5, 0.6) is 0 Å². The van der Waals surface area contributed by atoms with Gasteiger partial charge in [0.25, 0.3) is 0 Å². The highest BCUT2D eigenvalue weighted by Gasteiger charge is 2.43. The zero-order valence-electron chi connectivity index (χ0n) is 24.8. The number of hydrogen-bond donors (Lipinski definition) is 1. The average molecular weight is 659 g/mol. The van der Waals surface area contributed by atoms with Gasteiger partial charge in [0.2, 0.25) is 5.69 Å². The molecule has 0 unspecified atom stereocenters. The lowest BCUT2D eigenvalue weighted by molar-refractivity contribution is -0.433. The maximum absolute atomic E-state index is 11.5. The lowest BCUT2D eigenvalue weighted by Crippen LogP contribution is -3.00. The molecule has 2 aliphatic rings. The normalized spacial score (nSPS) is 18.0. The van der Waals surface area contributed by atoms with E-state index in [1.165, 1.54) is 33.9 Å². The van der Waals surface area contributed by atoms with Gasteiger partial charge in [0.05, 0.1) is 11.0 Å². The van der Waals surface area contributed by atoms with Crippen LogP contribution in [0.2, 0.25) is 0 Å². The second-order valence-corrected chi connectivity index (χ2v) is 11.5. The van der Waals surface area contributed by atoms with Crippen molar-refractivity contribution in [2.45, 2.75) is 52.4 Å². The first kappa shape index (κ1) is 30.5. The average Bonchev–Trinajstić information content (AvgIpc) is 3.31. The monoisotopic (exact) mass is 658 g/mol. The Hall–Kier alpha value is -3.45. The quantitative estimate of drug-likeness (QED) is 0.218. The predicted octanol–water partition coefficient (Wildman–Crippen LogP) is 5.13. The Kier molecular flexibility index (Phi) is 8.78. The van der Waals surface area contributed by atoms with E-state index in [-0.39, 0.29) is 40.4 Å². The van der Waals surface area contributed by atoms with E-state index in [4.69, 9.17) is 0 Å². The molecule has 0 bridgehead atoms. The summed E-state index contributed by atoms with van der Waals surface area (Å²) in [5.74, 6) is -0.918. The minimum absolute atomic E-state index is 0. The zero-order valence-corrected chi connectivity index (χ0v) is 26.9. The van der Waals surface area contributed by atoms with Gasteiger partial charge in [0.1, 0.15) is 6.54 Å². The molecule has 1 N–H and O–H groups in total. The van der Waals surface area contributed by atoms with Crippen LogP contribution in [0.15, 0.2) is 103 Å². The van der Waals surface area contributed by atoms with Crippen molar-refractivity contribution in [2.75, 3.05) is 18.0 Å². The van der Waals surface area contributed by atoms with Gasteiger partial charge in [-0.3, -0.25) is 0 Å². The Labute approximate surface area is 261 Å². The van der Waals surface area contributed by atoms with Crippen molar-refractivity contribution in [3.63, 3.8) is 0 Å². The van der Waals surface area contributed by atoms with Gasteiger partial charge in [-0.2, -0.15) is 4.58 Å². The Balaban J connectivity index is 0.00000387. The summed E-state index contributed by atoms with van der Waals surface area (Å²) in [5, 5.41) is 9.46. The van der Waals surface area contributed by atoms with Crippen LogP contribution >= 0.6 is 0 Å².